The zero-order chi connectivity index (χ0) is 14.8. The van der Waals surface area contributed by atoms with Crippen molar-refractivity contribution in [3.05, 3.63) is 46.5 Å². The van der Waals surface area contributed by atoms with Crippen LogP contribution in [0.2, 0.25) is 0 Å². The standard InChI is InChI=1S/C16H16N2O2S/c1-2-14(20)18-16-17-12-8-11(9-13(19)15(12)21-16)10-6-4-3-5-7-10/h3-7,11H,2,8-9H2,1H3,(H,17,18,20). The fraction of sp³-hybridized carbons (Fsp3) is 0.312. The Balaban J connectivity index is 1.85. The molecule has 5 heteroatoms. The lowest BCUT2D eigenvalue weighted by molar-refractivity contribution is -0.115. The summed E-state index contributed by atoms with van der Waals surface area (Å²) in [5, 5.41) is 3.28. The van der Waals surface area contributed by atoms with Crippen molar-refractivity contribution in [3.8, 4) is 0 Å². The monoisotopic (exact) mass is 300 g/mol. The maximum Gasteiger partial charge on any atom is 0.225 e. The molecule has 1 aliphatic carbocycles. The predicted molar refractivity (Wildman–Crippen MR) is 82.9 cm³/mol. The molecular weight excluding hydrogens is 284 g/mol. The molecule has 0 spiro atoms. The lowest BCUT2D eigenvalue weighted by atomic mass is 9.85. The Bertz CT molecular complexity index is 679. The highest BCUT2D eigenvalue weighted by molar-refractivity contribution is 7.17. The molecule has 1 aliphatic rings. The fourth-order valence-electron chi connectivity index (χ4n) is 2.55. The number of nitrogens with zero attached hydrogens (tertiary/aromatic N) is 1. The summed E-state index contributed by atoms with van der Waals surface area (Å²) in [7, 11) is 0. The van der Waals surface area contributed by atoms with E-state index in [9.17, 15) is 9.59 Å². The molecular formula is C16H16N2O2S. The number of benzene rings is 1. The zero-order valence-electron chi connectivity index (χ0n) is 11.8. The third-order valence-corrected chi connectivity index (χ3v) is 4.71. The van der Waals surface area contributed by atoms with E-state index in [4.69, 9.17) is 0 Å². The van der Waals surface area contributed by atoms with Crippen LogP contribution < -0.4 is 5.32 Å². The van der Waals surface area contributed by atoms with Crippen molar-refractivity contribution in [1.82, 2.24) is 4.98 Å². The number of aromatic nitrogens is 1. The van der Waals surface area contributed by atoms with Crippen LogP contribution in [0.4, 0.5) is 5.13 Å². The van der Waals surface area contributed by atoms with E-state index in [1.54, 1.807) is 6.92 Å². The van der Waals surface area contributed by atoms with Gasteiger partial charge in [0, 0.05) is 12.8 Å². The summed E-state index contributed by atoms with van der Waals surface area (Å²) in [5.74, 6) is 0.232. The summed E-state index contributed by atoms with van der Waals surface area (Å²) in [4.78, 5) is 28.9. The number of carbonyl (C=O) groups is 2. The minimum Gasteiger partial charge on any atom is -0.302 e. The van der Waals surface area contributed by atoms with E-state index < -0.39 is 0 Å². The molecule has 1 amide bonds. The van der Waals surface area contributed by atoms with Crippen molar-refractivity contribution in [2.75, 3.05) is 5.32 Å². The molecule has 1 N–H and O–H groups in total. The Morgan fingerprint density at radius 1 is 1.33 bits per heavy atom. The van der Waals surface area contributed by atoms with Gasteiger partial charge in [0.1, 0.15) is 0 Å². The second-order valence-electron chi connectivity index (χ2n) is 5.14. The Morgan fingerprint density at radius 3 is 2.81 bits per heavy atom. The first-order chi connectivity index (χ1) is 10.2. The van der Waals surface area contributed by atoms with Crippen LogP contribution in [-0.2, 0) is 11.2 Å². The first-order valence-electron chi connectivity index (χ1n) is 7.05. The van der Waals surface area contributed by atoms with E-state index in [1.807, 2.05) is 18.2 Å². The smallest absolute Gasteiger partial charge is 0.225 e. The van der Waals surface area contributed by atoms with Gasteiger partial charge in [-0.05, 0) is 17.9 Å². The maximum absolute atomic E-state index is 12.3. The van der Waals surface area contributed by atoms with Crippen LogP contribution in [0.1, 0.15) is 46.6 Å². The summed E-state index contributed by atoms with van der Waals surface area (Å²) >= 11 is 1.29. The second-order valence-corrected chi connectivity index (χ2v) is 6.13. The van der Waals surface area contributed by atoms with Gasteiger partial charge in [-0.3, -0.25) is 9.59 Å². The Labute approximate surface area is 127 Å². The zero-order valence-corrected chi connectivity index (χ0v) is 12.6. The Morgan fingerprint density at radius 2 is 2.10 bits per heavy atom. The number of nitrogens with one attached hydrogen (secondary N) is 1. The molecule has 108 valence electrons. The quantitative estimate of drug-likeness (QED) is 0.945. The molecule has 0 saturated carbocycles. The molecule has 0 aliphatic heterocycles. The third-order valence-electron chi connectivity index (χ3n) is 3.66. The molecule has 4 nitrogen and oxygen atoms in total. The van der Waals surface area contributed by atoms with Gasteiger partial charge in [0.05, 0.1) is 10.6 Å². The average molecular weight is 300 g/mol. The van der Waals surface area contributed by atoms with Gasteiger partial charge in [-0.2, -0.15) is 0 Å². The number of rotatable bonds is 3. The lowest BCUT2D eigenvalue weighted by Gasteiger charge is -2.20. The van der Waals surface area contributed by atoms with Crippen molar-refractivity contribution in [2.24, 2.45) is 0 Å². The highest BCUT2D eigenvalue weighted by Gasteiger charge is 2.29. The summed E-state index contributed by atoms with van der Waals surface area (Å²) < 4.78 is 0. The van der Waals surface area contributed by atoms with Crippen molar-refractivity contribution >= 4 is 28.2 Å². The van der Waals surface area contributed by atoms with Crippen LogP contribution in [0, 0.1) is 0 Å². The number of Topliss-reactive ketones (excluding diaryl/α,β-unsaturated/α-hetero) is 1. The predicted octanol–water partition coefficient (Wildman–Crippen LogP) is 3.40. The summed E-state index contributed by atoms with van der Waals surface area (Å²) in [5.41, 5.74) is 1.99. The SMILES string of the molecule is CCC(=O)Nc1nc2c(s1)C(=O)CC(c1ccccc1)C2. The number of carbonyl (C=O) groups excluding carboxylic acids is 2. The minimum absolute atomic E-state index is 0.0758. The van der Waals surface area contributed by atoms with Crippen LogP contribution in [-0.4, -0.2) is 16.7 Å². The number of hydrogen-bond donors (Lipinski definition) is 1. The fourth-order valence-corrected chi connectivity index (χ4v) is 3.51. The van der Waals surface area contributed by atoms with Crippen molar-refractivity contribution in [2.45, 2.75) is 32.1 Å². The number of ketones is 1. The van der Waals surface area contributed by atoms with E-state index in [1.165, 1.54) is 16.9 Å². The molecule has 1 heterocycles. The van der Waals surface area contributed by atoms with Gasteiger partial charge in [0.15, 0.2) is 10.9 Å². The number of amides is 1. The first kappa shape index (κ1) is 13.9. The number of thiazole rings is 1. The molecule has 2 aromatic rings. The lowest BCUT2D eigenvalue weighted by Crippen LogP contribution is -2.17. The van der Waals surface area contributed by atoms with Crippen LogP contribution in [0.15, 0.2) is 30.3 Å². The highest BCUT2D eigenvalue weighted by Crippen LogP contribution is 2.36. The Hall–Kier alpha value is -2.01. The summed E-state index contributed by atoms with van der Waals surface area (Å²) in [6.45, 7) is 1.79. The number of fused-ring (bicyclic) bond motifs is 1. The van der Waals surface area contributed by atoms with Crippen LogP contribution in [0.5, 0.6) is 0 Å². The van der Waals surface area contributed by atoms with Crippen LogP contribution in [0.25, 0.3) is 0 Å². The van der Waals surface area contributed by atoms with E-state index in [2.05, 4.69) is 22.4 Å². The average Bonchev–Trinajstić information content (AvgIpc) is 2.91. The van der Waals surface area contributed by atoms with E-state index in [-0.39, 0.29) is 17.6 Å². The van der Waals surface area contributed by atoms with Gasteiger partial charge in [-0.25, -0.2) is 4.98 Å². The second kappa shape index (κ2) is 5.77. The molecule has 21 heavy (non-hydrogen) atoms. The number of anilines is 1. The molecule has 0 fully saturated rings. The third kappa shape index (κ3) is 2.88. The molecule has 1 atom stereocenters. The molecule has 1 aromatic carbocycles. The minimum atomic E-state index is -0.0758. The van der Waals surface area contributed by atoms with Crippen molar-refractivity contribution < 1.29 is 9.59 Å². The first-order valence-corrected chi connectivity index (χ1v) is 7.86. The van der Waals surface area contributed by atoms with Crippen molar-refractivity contribution in [3.63, 3.8) is 0 Å². The summed E-state index contributed by atoms with van der Waals surface area (Å²) in [6.07, 6.45) is 1.68. The molecule has 1 aromatic heterocycles. The summed E-state index contributed by atoms with van der Waals surface area (Å²) in [6, 6.07) is 10.1. The van der Waals surface area contributed by atoms with Gasteiger partial charge in [0.2, 0.25) is 5.91 Å². The van der Waals surface area contributed by atoms with E-state index >= 15 is 0 Å². The van der Waals surface area contributed by atoms with Gasteiger partial charge in [-0.15, -0.1) is 0 Å². The maximum atomic E-state index is 12.3. The molecule has 3 rings (SSSR count). The highest BCUT2D eigenvalue weighted by atomic mass is 32.1. The van der Waals surface area contributed by atoms with Crippen LogP contribution in [0.3, 0.4) is 0 Å². The van der Waals surface area contributed by atoms with Gasteiger partial charge in [-0.1, -0.05) is 48.6 Å². The van der Waals surface area contributed by atoms with Gasteiger partial charge in [0.25, 0.3) is 0 Å². The van der Waals surface area contributed by atoms with E-state index in [0.29, 0.717) is 22.9 Å². The Kier molecular flexibility index (Phi) is 3.84. The molecule has 1 unspecified atom stereocenters. The van der Waals surface area contributed by atoms with Crippen LogP contribution >= 0.6 is 11.3 Å². The molecule has 0 saturated heterocycles. The van der Waals surface area contributed by atoms with Gasteiger partial charge < -0.3 is 5.32 Å². The molecule has 0 bridgehead atoms. The van der Waals surface area contributed by atoms with Gasteiger partial charge >= 0.3 is 0 Å². The largest absolute Gasteiger partial charge is 0.302 e. The number of hydrogen-bond acceptors (Lipinski definition) is 4. The van der Waals surface area contributed by atoms with Crippen molar-refractivity contribution in [1.29, 1.82) is 0 Å². The topological polar surface area (TPSA) is 59.1 Å². The normalized spacial score (nSPS) is 17.4. The van der Waals surface area contributed by atoms with E-state index in [0.717, 1.165) is 12.1 Å². The molecule has 0 radical (unpaired) electrons.